The van der Waals surface area contributed by atoms with Crippen molar-refractivity contribution in [3.8, 4) is 0 Å². The van der Waals surface area contributed by atoms with Gasteiger partial charge in [0.1, 0.15) is 5.76 Å². The van der Waals surface area contributed by atoms with E-state index in [2.05, 4.69) is 22.9 Å². The standard InChI is InChI=1S/C6H8O3/c1-4-6(7)9-8-5(2)3/h4H,1-2H2,3H3. The molecule has 0 N–H and O–H groups in total. The van der Waals surface area contributed by atoms with Gasteiger partial charge in [-0.15, -0.1) is 0 Å². The third-order valence-corrected chi connectivity index (χ3v) is 0.433. The van der Waals surface area contributed by atoms with Gasteiger partial charge in [0.15, 0.2) is 0 Å². The molecule has 0 rings (SSSR count). The maximum absolute atomic E-state index is 10.2. The Morgan fingerprint density at radius 1 is 1.56 bits per heavy atom. The van der Waals surface area contributed by atoms with Crippen molar-refractivity contribution in [2.45, 2.75) is 6.92 Å². The molecular weight excluding hydrogens is 120 g/mol. The summed E-state index contributed by atoms with van der Waals surface area (Å²) in [5.41, 5.74) is 0. The first-order valence-electron chi connectivity index (χ1n) is 2.33. The Kier molecular flexibility index (Phi) is 3.20. The Morgan fingerprint density at radius 3 is 2.44 bits per heavy atom. The van der Waals surface area contributed by atoms with E-state index in [4.69, 9.17) is 0 Å². The van der Waals surface area contributed by atoms with Crippen LogP contribution in [-0.4, -0.2) is 5.97 Å². The lowest BCUT2D eigenvalue weighted by molar-refractivity contribution is -0.241. The highest BCUT2D eigenvalue weighted by atomic mass is 17.2. The van der Waals surface area contributed by atoms with Crippen LogP contribution in [0.4, 0.5) is 0 Å². The quantitative estimate of drug-likeness (QED) is 0.248. The van der Waals surface area contributed by atoms with Crippen LogP contribution in [0.1, 0.15) is 6.92 Å². The van der Waals surface area contributed by atoms with Crippen molar-refractivity contribution in [1.82, 2.24) is 0 Å². The third-order valence-electron chi connectivity index (χ3n) is 0.433. The van der Waals surface area contributed by atoms with Crippen molar-refractivity contribution in [2.24, 2.45) is 0 Å². The molecule has 0 aliphatic rings. The maximum atomic E-state index is 10.2. The van der Waals surface area contributed by atoms with Crippen LogP contribution in [0.15, 0.2) is 25.0 Å². The number of carbonyl (C=O) groups is 1. The summed E-state index contributed by atoms with van der Waals surface area (Å²) in [6.07, 6.45) is 1.00. The first-order chi connectivity index (χ1) is 4.16. The summed E-state index contributed by atoms with van der Waals surface area (Å²) in [7, 11) is 0. The predicted molar refractivity (Wildman–Crippen MR) is 32.2 cm³/mol. The molecular formula is C6H8O3. The van der Waals surface area contributed by atoms with E-state index in [1.54, 1.807) is 6.92 Å². The predicted octanol–water partition coefficient (Wildman–Crippen LogP) is 1.18. The van der Waals surface area contributed by atoms with Gasteiger partial charge in [0.25, 0.3) is 0 Å². The molecule has 0 saturated carbocycles. The van der Waals surface area contributed by atoms with Crippen LogP contribution in [0, 0.1) is 0 Å². The summed E-state index contributed by atoms with van der Waals surface area (Å²) in [5.74, 6) is -0.303. The molecule has 0 saturated heterocycles. The van der Waals surface area contributed by atoms with Gasteiger partial charge < -0.3 is 0 Å². The minimum absolute atomic E-state index is 0.324. The molecule has 9 heavy (non-hydrogen) atoms. The van der Waals surface area contributed by atoms with Crippen LogP contribution in [0.25, 0.3) is 0 Å². The van der Waals surface area contributed by atoms with Crippen molar-refractivity contribution >= 4 is 5.97 Å². The third kappa shape index (κ3) is 4.61. The van der Waals surface area contributed by atoms with Crippen LogP contribution in [-0.2, 0) is 14.6 Å². The van der Waals surface area contributed by atoms with Crippen LogP contribution in [0.3, 0.4) is 0 Å². The molecule has 0 radical (unpaired) electrons. The average molecular weight is 128 g/mol. The van der Waals surface area contributed by atoms with Gasteiger partial charge in [-0.25, -0.2) is 9.68 Å². The number of carbonyl (C=O) groups excluding carboxylic acids is 1. The maximum Gasteiger partial charge on any atom is 0.378 e. The minimum Gasteiger partial charge on any atom is -0.292 e. The van der Waals surface area contributed by atoms with Crippen LogP contribution in [0.5, 0.6) is 0 Å². The molecule has 3 heteroatoms. The lowest BCUT2D eigenvalue weighted by Crippen LogP contribution is -1.98. The lowest BCUT2D eigenvalue weighted by atomic mass is 10.7. The van der Waals surface area contributed by atoms with Crippen LogP contribution < -0.4 is 0 Å². The van der Waals surface area contributed by atoms with Crippen molar-refractivity contribution in [3.63, 3.8) is 0 Å². The Bertz CT molecular complexity index is 137. The second-order valence-electron chi connectivity index (χ2n) is 1.39. The molecule has 0 aliphatic heterocycles. The fraction of sp³-hybridized carbons (Fsp3) is 0.167. The number of rotatable bonds is 3. The van der Waals surface area contributed by atoms with Gasteiger partial charge in [0.2, 0.25) is 0 Å². The molecule has 0 atom stereocenters. The summed E-state index contributed by atoms with van der Waals surface area (Å²) < 4.78 is 0. The minimum atomic E-state index is -0.627. The SMILES string of the molecule is C=CC(=O)OOC(=C)C. The highest BCUT2D eigenvalue weighted by Crippen LogP contribution is 1.91. The Balaban J connectivity index is 3.39. The molecule has 0 amide bonds. The molecule has 0 fully saturated rings. The summed E-state index contributed by atoms with van der Waals surface area (Å²) in [5, 5.41) is 0. The van der Waals surface area contributed by atoms with Gasteiger partial charge in [-0.3, -0.25) is 4.89 Å². The molecule has 0 aromatic heterocycles. The van der Waals surface area contributed by atoms with Gasteiger partial charge in [-0.2, -0.15) is 0 Å². The van der Waals surface area contributed by atoms with Gasteiger partial charge in [-0.1, -0.05) is 13.2 Å². The van der Waals surface area contributed by atoms with Crippen molar-refractivity contribution in [2.75, 3.05) is 0 Å². The summed E-state index contributed by atoms with van der Waals surface area (Å²) in [6, 6.07) is 0. The fourth-order valence-electron chi connectivity index (χ4n) is 0.146. The van der Waals surface area contributed by atoms with E-state index in [9.17, 15) is 4.79 Å². The van der Waals surface area contributed by atoms with Gasteiger partial charge in [0, 0.05) is 6.08 Å². The molecule has 0 heterocycles. The van der Waals surface area contributed by atoms with E-state index in [1.807, 2.05) is 0 Å². The molecule has 3 nitrogen and oxygen atoms in total. The lowest BCUT2D eigenvalue weighted by Gasteiger charge is -1.97. The Morgan fingerprint density at radius 2 is 2.11 bits per heavy atom. The zero-order chi connectivity index (χ0) is 7.28. The smallest absolute Gasteiger partial charge is 0.292 e. The second kappa shape index (κ2) is 3.72. The molecule has 0 unspecified atom stereocenters. The molecule has 0 aromatic rings. The highest BCUT2D eigenvalue weighted by Gasteiger charge is 1.94. The summed E-state index contributed by atoms with van der Waals surface area (Å²) in [6.45, 7) is 8.05. The van der Waals surface area contributed by atoms with E-state index in [0.29, 0.717) is 5.76 Å². The Labute approximate surface area is 53.5 Å². The zero-order valence-corrected chi connectivity index (χ0v) is 5.22. The highest BCUT2D eigenvalue weighted by molar-refractivity contribution is 5.80. The number of hydrogen-bond donors (Lipinski definition) is 0. The normalized spacial score (nSPS) is 7.67. The van der Waals surface area contributed by atoms with Crippen molar-refractivity contribution in [1.29, 1.82) is 0 Å². The molecule has 0 bridgehead atoms. The average Bonchev–Trinajstić information content (AvgIpc) is 1.83. The van der Waals surface area contributed by atoms with E-state index in [-0.39, 0.29) is 0 Å². The van der Waals surface area contributed by atoms with E-state index < -0.39 is 5.97 Å². The van der Waals surface area contributed by atoms with Gasteiger partial charge in [-0.05, 0) is 6.92 Å². The molecule has 0 spiro atoms. The molecule has 50 valence electrons. The van der Waals surface area contributed by atoms with Gasteiger partial charge >= 0.3 is 5.97 Å². The van der Waals surface area contributed by atoms with Crippen molar-refractivity contribution < 1.29 is 14.6 Å². The monoisotopic (exact) mass is 128 g/mol. The first-order valence-corrected chi connectivity index (χ1v) is 2.33. The summed E-state index contributed by atoms with van der Waals surface area (Å²) in [4.78, 5) is 18.6. The second-order valence-corrected chi connectivity index (χ2v) is 1.39. The van der Waals surface area contributed by atoms with Crippen LogP contribution in [0.2, 0.25) is 0 Å². The van der Waals surface area contributed by atoms with Crippen molar-refractivity contribution in [3.05, 3.63) is 25.0 Å². The summed E-state index contributed by atoms with van der Waals surface area (Å²) >= 11 is 0. The largest absolute Gasteiger partial charge is 0.378 e. The van der Waals surface area contributed by atoms with Gasteiger partial charge in [0.05, 0.1) is 0 Å². The number of hydrogen-bond acceptors (Lipinski definition) is 3. The Hall–Kier alpha value is -1.25. The topological polar surface area (TPSA) is 35.5 Å². The van der Waals surface area contributed by atoms with Crippen LogP contribution >= 0.6 is 0 Å². The fourth-order valence-corrected chi connectivity index (χ4v) is 0.146. The zero-order valence-electron chi connectivity index (χ0n) is 5.22. The van der Waals surface area contributed by atoms with E-state index >= 15 is 0 Å². The molecule has 0 aliphatic carbocycles. The van der Waals surface area contributed by atoms with E-state index in [0.717, 1.165) is 6.08 Å². The molecule has 0 aromatic carbocycles. The number of allylic oxidation sites excluding steroid dienone is 1. The van der Waals surface area contributed by atoms with E-state index in [1.165, 1.54) is 0 Å². The first kappa shape index (κ1) is 7.75.